The molecule has 3 aromatic carbocycles. The fourth-order valence-electron chi connectivity index (χ4n) is 5.36. The van der Waals surface area contributed by atoms with Crippen molar-refractivity contribution in [3.8, 4) is 11.8 Å². The quantitative estimate of drug-likeness (QED) is 0.126. The molecule has 5 rings (SSSR count). The van der Waals surface area contributed by atoms with E-state index in [0.717, 1.165) is 16.8 Å². The monoisotopic (exact) mass is 717 g/mol. The molecule has 0 aliphatic heterocycles. The van der Waals surface area contributed by atoms with E-state index >= 15 is 0 Å². The number of rotatable bonds is 16. The molecule has 2 heterocycles. The average Bonchev–Trinajstić information content (AvgIpc) is 3.50. The summed E-state index contributed by atoms with van der Waals surface area (Å²) in [5.74, 6) is -0.103. The number of anilines is 1. The highest BCUT2D eigenvalue weighted by molar-refractivity contribution is 6.38. The van der Waals surface area contributed by atoms with Crippen LogP contribution in [0.5, 0.6) is 11.8 Å². The molecule has 0 aliphatic rings. The molecular formula is C37H37Cl2N5O6. The number of amides is 2. The van der Waals surface area contributed by atoms with Gasteiger partial charge < -0.3 is 24.8 Å². The van der Waals surface area contributed by atoms with Crippen LogP contribution in [-0.2, 0) is 29.2 Å². The fourth-order valence-corrected chi connectivity index (χ4v) is 5.96. The molecule has 50 heavy (non-hydrogen) atoms. The highest BCUT2D eigenvalue weighted by atomic mass is 35.5. The maximum atomic E-state index is 13.1. The zero-order valence-corrected chi connectivity index (χ0v) is 29.2. The van der Waals surface area contributed by atoms with Crippen LogP contribution in [0.3, 0.4) is 0 Å². The molecule has 0 unspecified atom stereocenters. The van der Waals surface area contributed by atoms with E-state index in [-0.39, 0.29) is 61.6 Å². The summed E-state index contributed by atoms with van der Waals surface area (Å²) in [7, 11) is 3.16. The summed E-state index contributed by atoms with van der Waals surface area (Å²) in [5, 5.41) is 12.1. The number of nitrogens with zero attached hydrogens (tertiary/aromatic N) is 4. The van der Waals surface area contributed by atoms with E-state index in [2.05, 4.69) is 15.3 Å². The lowest BCUT2D eigenvalue weighted by Gasteiger charge is -2.21. The van der Waals surface area contributed by atoms with Gasteiger partial charge in [0.25, 0.3) is 11.9 Å². The number of carbonyl (C=O) groups excluding carboxylic acids is 3. The standard InChI is InChI=1S/C37H37Cl2N5O6/c1-43(33(47)18-15-27(46)14-11-24-9-12-25(13-10-24)36(48)41-20-21-45)30-17-16-29(38)28(34(30)39)23-50-32-8-5-7-31-35(32)42-37(49-2)44(31)22-26-6-3-4-19-40-26/h3-10,12-13,16-17,19,45H,11,14-15,18,20-23H2,1-2H3,(H,41,48). The van der Waals surface area contributed by atoms with Gasteiger partial charge in [0, 0.05) is 55.2 Å². The van der Waals surface area contributed by atoms with Gasteiger partial charge in [0.2, 0.25) is 5.91 Å². The number of carbonyl (C=O) groups is 3. The van der Waals surface area contributed by atoms with Gasteiger partial charge in [0.15, 0.2) is 0 Å². The molecule has 2 N–H and O–H groups in total. The number of aryl methyl sites for hydroxylation is 1. The summed E-state index contributed by atoms with van der Waals surface area (Å²) in [5.41, 5.74) is 4.55. The third kappa shape index (κ3) is 8.78. The van der Waals surface area contributed by atoms with Crippen LogP contribution < -0.4 is 19.7 Å². The van der Waals surface area contributed by atoms with Gasteiger partial charge in [-0.2, -0.15) is 4.98 Å². The number of nitrogens with one attached hydrogen (secondary N) is 1. The van der Waals surface area contributed by atoms with Crippen LogP contribution in [0.4, 0.5) is 5.69 Å². The molecule has 13 heteroatoms. The Morgan fingerprint density at radius 3 is 2.48 bits per heavy atom. The Bertz CT molecular complexity index is 1970. The van der Waals surface area contributed by atoms with E-state index in [1.807, 2.05) is 34.9 Å². The second kappa shape index (κ2) is 17.1. The lowest BCUT2D eigenvalue weighted by molar-refractivity contribution is -0.123. The number of pyridine rings is 1. The number of fused-ring (bicyclic) bond motifs is 1. The van der Waals surface area contributed by atoms with Crippen molar-refractivity contribution in [1.29, 1.82) is 0 Å². The summed E-state index contributed by atoms with van der Waals surface area (Å²) in [6.07, 6.45) is 2.56. The zero-order valence-electron chi connectivity index (χ0n) is 27.7. The number of methoxy groups -OCH3 is 1. The van der Waals surface area contributed by atoms with E-state index in [0.29, 0.717) is 52.1 Å². The summed E-state index contributed by atoms with van der Waals surface area (Å²) in [4.78, 5) is 48.3. The molecule has 0 atom stereocenters. The van der Waals surface area contributed by atoms with Crippen molar-refractivity contribution in [1.82, 2.24) is 19.9 Å². The molecule has 0 saturated heterocycles. The van der Waals surface area contributed by atoms with Crippen molar-refractivity contribution >= 4 is 57.5 Å². The lowest BCUT2D eigenvalue weighted by atomic mass is 10.0. The van der Waals surface area contributed by atoms with Gasteiger partial charge in [-0.3, -0.25) is 23.9 Å². The van der Waals surface area contributed by atoms with Gasteiger partial charge in [-0.05, 0) is 60.5 Å². The number of Topliss-reactive ketones (excluding diaryl/α,β-unsaturated/α-hetero) is 1. The van der Waals surface area contributed by atoms with Crippen molar-refractivity contribution in [2.75, 3.05) is 32.2 Å². The number of para-hydroxylation sites is 1. The first-order chi connectivity index (χ1) is 24.2. The summed E-state index contributed by atoms with van der Waals surface area (Å²) in [6, 6.07) is 21.9. The summed E-state index contributed by atoms with van der Waals surface area (Å²) in [6.45, 7) is 0.509. The molecule has 2 amide bonds. The molecule has 0 spiro atoms. The zero-order chi connectivity index (χ0) is 35.6. The number of ketones is 1. The van der Waals surface area contributed by atoms with Crippen LogP contribution in [0.25, 0.3) is 11.0 Å². The van der Waals surface area contributed by atoms with Crippen LogP contribution in [0.1, 0.15) is 46.4 Å². The Morgan fingerprint density at radius 1 is 0.960 bits per heavy atom. The average molecular weight is 719 g/mol. The van der Waals surface area contributed by atoms with Crippen LogP contribution in [0.2, 0.25) is 10.0 Å². The minimum atomic E-state index is -0.275. The van der Waals surface area contributed by atoms with Crippen LogP contribution in [0, 0.1) is 0 Å². The van der Waals surface area contributed by atoms with Gasteiger partial charge in [0.1, 0.15) is 23.7 Å². The van der Waals surface area contributed by atoms with Crippen LogP contribution >= 0.6 is 23.2 Å². The van der Waals surface area contributed by atoms with E-state index in [4.69, 9.17) is 37.8 Å². The molecule has 2 aromatic heterocycles. The van der Waals surface area contributed by atoms with Crippen molar-refractivity contribution in [2.45, 2.75) is 38.8 Å². The minimum absolute atomic E-state index is 0.00879. The third-order valence-electron chi connectivity index (χ3n) is 8.13. The summed E-state index contributed by atoms with van der Waals surface area (Å²) >= 11 is 13.4. The maximum Gasteiger partial charge on any atom is 0.297 e. The van der Waals surface area contributed by atoms with Gasteiger partial charge in [-0.1, -0.05) is 47.5 Å². The topological polar surface area (TPSA) is 136 Å². The van der Waals surface area contributed by atoms with Gasteiger partial charge in [-0.15, -0.1) is 0 Å². The number of aliphatic hydroxyl groups excluding tert-OH is 1. The molecule has 0 bridgehead atoms. The smallest absolute Gasteiger partial charge is 0.297 e. The van der Waals surface area contributed by atoms with Gasteiger partial charge in [0.05, 0.1) is 42.2 Å². The van der Waals surface area contributed by atoms with Crippen molar-refractivity contribution in [2.24, 2.45) is 0 Å². The maximum absolute atomic E-state index is 13.1. The van der Waals surface area contributed by atoms with E-state index in [1.54, 1.807) is 62.8 Å². The highest BCUT2D eigenvalue weighted by Gasteiger charge is 2.21. The number of hydrogen-bond acceptors (Lipinski definition) is 8. The Morgan fingerprint density at radius 2 is 1.76 bits per heavy atom. The van der Waals surface area contributed by atoms with Crippen molar-refractivity contribution in [3.63, 3.8) is 0 Å². The first-order valence-electron chi connectivity index (χ1n) is 16.0. The molecule has 0 saturated carbocycles. The second-order valence-electron chi connectivity index (χ2n) is 11.4. The normalized spacial score (nSPS) is 11.0. The molecule has 260 valence electrons. The minimum Gasteiger partial charge on any atom is -0.486 e. The van der Waals surface area contributed by atoms with Crippen molar-refractivity contribution < 1.29 is 29.0 Å². The lowest BCUT2D eigenvalue weighted by Crippen LogP contribution is -2.27. The Labute approximate surface area is 299 Å². The van der Waals surface area contributed by atoms with Gasteiger partial charge in [-0.25, -0.2) is 0 Å². The molecule has 0 fully saturated rings. The van der Waals surface area contributed by atoms with E-state index in [1.165, 1.54) is 4.90 Å². The van der Waals surface area contributed by atoms with Crippen LogP contribution in [-0.4, -0.2) is 64.5 Å². The number of hydrogen-bond donors (Lipinski definition) is 2. The Balaban J connectivity index is 1.19. The molecule has 0 radical (unpaired) electrons. The molecule has 5 aromatic rings. The fraction of sp³-hybridized carbons (Fsp3) is 0.270. The first kappa shape index (κ1) is 36.3. The second-order valence-corrected chi connectivity index (χ2v) is 12.2. The molecule has 11 nitrogen and oxygen atoms in total. The number of imidazole rings is 1. The number of benzene rings is 3. The molecule has 0 aliphatic carbocycles. The number of aliphatic hydroxyl groups is 1. The van der Waals surface area contributed by atoms with Crippen LogP contribution in [0.15, 0.2) is 79.0 Å². The highest BCUT2D eigenvalue weighted by Crippen LogP contribution is 2.36. The van der Waals surface area contributed by atoms with E-state index in [9.17, 15) is 14.4 Å². The predicted octanol–water partition coefficient (Wildman–Crippen LogP) is 6.04. The Hall–Kier alpha value is -4.97. The largest absolute Gasteiger partial charge is 0.486 e. The van der Waals surface area contributed by atoms with Gasteiger partial charge >= 0.3 is 0 Å². The Kier molecular flexibility index (Phi) is 12.4. The SMILES string of the molecule is COc1nc2c(OCc3c(Cl)ccc(N(C)C(=O)CCC(=O)CCc4ccc(C(=O)NCCO)cc4)c3Cl)cccc2n1Cc1ccccn1. The number of aromatic nitrogens is 3. The predicted molar refractivity (Wildman–Crippen MR) is 192 cm³/mol. The third-order valence-corrected chi connectivity index (χ3v) is 8.91. The van der Waals surface area contributed by atoms with Crippen molar-refractivity contribution in [3.05, 3.63) is 111 Å². The van der Waals surface area contributed by atoms with E-state index < -0.39 is 0 Å². The first-order valence-corrected chi connectivity index (χ1v) is 16.7. The summed E-state index contributed by atoms with van der Waals surface area (Å²) < 4.78 is 13.7. The number of ether oxygens (including phenoxy) is 2. The number of halogens is 2. The molecular weight excluding hydrogens is 681 g/mol.